The first-order valence-corrected chi connectivity index (χ1v) is 12.4. The Morgan fingerprint density at radius 3 is 2.47 bits per heavy atom. The molecule has 0 bridgehead atoms. The van der Waals surface area contributed by atoms with Gasteiger partial charge in [-0.1, -0.05) is 64.0 Å². The average molecular weight is 550 g/mol. The summed E-state index contributed by atoms with van der Waals surface area (Å²) in [6.45, 7) is 4.76. The topological polar surface area (TPSA) is 76.1 Å². The SMILES string of the molecule is COCCN1C(=O)C(=O)/C(=C(\O)c2ccc(Br)c(C)c2)C1c1cccc(OCc2ccc(C)cc2)c1. The number of hydrogen-bond acceptors (Lipinski definition) is 5. The summed E-state index contributed by atoms with van der Waals surface area (Å²) in [5.41, 5.74) is 4.29. The van der Waals surface area contributed by atoms with Crippen molar-refractivity contribution >= 4 is 33.4 Å². The van der Waals surface area contributed by atoms with Crippen molar-refractivity contribution in [2.75, 3.05) is 20.3 Å². The molecule has 1 fully saturated rings. The molecule has 1 aliphatic heterocycles. The summed E-state index contributed by atoms with van der Waals surface area (Å²) in [5.74, 6) is -0.997. The number of likely N-dealkylation sites (tertiary alicyclic amines) is 1. The molecule has 6 nitrogen and oxygen atoms in total. The number of nitrogens with zero attached hydrogens (tertiary/aromatic N) is 1. The van der Waals surface area contributed by atoms with Gasteiger partial charge in [-0.25, -0.2) is 0 Å². The summed E-state index contributed by atoms with van der Waals surface area (Å²) in [7, 11) is 1.54. The molecule has 1 heterocycles. The molecule has 0 saturated carbocycles. The van der Waals surface area contributed by atoms with Gasteiger partial charge in [0, 0.05) is 23.7 Å². The summed E-state index contributed by atoms with van der Waals surface area (Å²) < 4.78 is 12.1. The number of aryl methyl sites for hydroxylation is 2. The van der Waals surface area contributed by atoms with Gasteiger partial charge in [0.05, 0.1) is 18.2 Å². The summed E-state index contributed by atoms with van der Waals surface area (Å²) in [6.07, 6.45) is 0. The summed E-state index contributed by atoms with van der Waals surface area (Å²) in [6, 6.07) is 19.9. The highest BCUT2D eigenvalue weighted by Crippen LogP contribution is 2.40. The molecule has 1 aliphatic rings. The molecule has 1 N–H and O–H groups in total. The van der Waals surface area contributed by atoms with Gasteiger partial charge in [-0.2, -0.15) is 0 Å². The maximum atomic E-state index is 13.2. The molecule has 0 aliphatic carbocycles. The van der Waals surface area contributed by atoms with Gasteiger partial charge in [-0.15, -0.1) is 0 Å². The van der Waals surface area contributed by atoms with Gasteiger partial charge in [0.15, 0.2) is 0 Å². The molecule has 0 aromatic heterocycles. The van der Waals surface area contributed by atoms with E-state index in [1.807, 2.05) is 62.4 Å². The van der Waals surface area contributed by atoms with Crippen LogP contribution in [0.15, 0.2) is 76.8 Å². The quantitative estimate of drug-likeness (QED) is 0.221. The standard InChI is InChI=1S/C29H28BrNO5/c1-18-7-9-20(10-8-18)17-36-23-6-4-5-21(16-23)26-25(28(33)29(34)31(26)13-14-35-3)27(32)22-11-12-24(30)19(2)15-22/h4-12,15-16,26,32H,13-14,17H2,1-3H3/b27-25-. The van der Waals surface area contributed by atoms with Crippen molar-refractivity contribution in [3.8, 4) is 5.75 Å². The molecular weight excluding hydrogens is 522 g/mol. The molecule has 1 amide bonds. The van der Waals surface area contributed by atoms with Crippen molar-refractivity contribution in [3.05, 3.63) is 105 Å². The van der Waals surface area contributed by atoms with Crippen molar-refractivity contribution in [1.82, 2.24) is 4.90 Å². The summed E-state index contributed by atoms with van der Waals surface area (Å²) >= 11 is 3.46. The fourth-order valence-corrected chi connectivity index (χ4v) is 4.47. The van der Waals surface area contributed by atoms with E-state index in [-0.39, 0.29) is 24.5 Å². The Kier molecular flexibility index (Phi) is 7.91. The van der Waals surface area contributed by atoms with Gasteiger partial charge in [-0.3, -0.25) is 9.59 Å². The Balaban J connectivity index is 1.73. The average Bonchev–Trinajstić information content (AvgIpc) is 3.13. The normalized spacial score (nSPS) is 17.0. The van der Waals surface area contributed by atoms with Crippen molar-refractivity contribution in [3.63, 3.8) is 0 Å². The first kappa shape index (κ1) is 25.7. The zero-order valence-corrected chi connectivity index (χ0v) is 22.0. The van der Waals surface area contributed by atoms with Crippen LogP contribution >= 0.6 is 15.9 Å². The maximum absolute atomic E-state index is 13.2. The second kappa shape index (κ2) is 11.1. The van der Waals surface area contributed by atoms with Gasteiger partial charge in [0.2, 0.25) is 0 Å². The van der Waals surface area contributed by atoms with Crippen LogP contribution in [0, 0.1) is 13.8 Å². The van der Waals surface area contributed by atoms with Crippen LogP contribution in [-0.2, 0) is 20.9 Å². The van der Waals surface area contributed by atoms with Crippen LogP contribution in [0.4, 0.5) is 0 Å². The number of aliphatic hydroxyl groups is 1. The van der Waals surface area contributed by atoms with Gasteiger partial charge in [0.1, 0.15) is 18.1 Å². The fraction of sp³-hybridized carbons (Fsp3) is 0.241. The molecule has 1 atom stereocenters. The van der Waals surface area contributed by atoms with E-state index in [0.717, 1.165) is 15.6 Å². The predicted molar refractivity (Wildman–Crippen MR) is 142 cm³/mol. The van der Waals surface area contributed by atoms with E-state index in [0.29, 0.717) is 23.5 Å². The highest BCUT2D eigenvalue weighted by Gasteiger charge is 2.46. The number of carbonyl (C=O) groups is 2. The lowest BCUT2D eigenvalue weighted by Gasteiger charge is -2.25. The lowest BCUT2D eigenvalue weighted by Crippen LogP contribution is -2.32. The highest BCUT2D eigenvalue weighted by atomic mass is 79.9. The summed E-state index contributed by atoms with van der Waals surface area (Å²) in [4.78, 5) is 27.6. The number of halogens is 1. The second-order valence-electron chi connectivity index (χ2n) is 8.80. The number of amides is 1. The number of Topliss-reactive ketones (excluding diaryl/α,β-unsaturated/α-hetero) is 1. The molecular formula is C29H28BrNO5. The highest BCUT2D eigenvalue weighted by molar-refractivity contribution is 9.10. The lowest BCUT2D eigenvalue weighted by atomic mass is 9.94. The van der Waals surface area contributed by atoms with E-state index in [4.69, 9.17) is 9.47 Å². The van der Waals surface area contributed by atoms with Gasteiger partial charge >= 0.3 is 0 Å². The van der Waals surface area contributed by atoms with Crippen LogP contribution in [0.5, 0.6) is 5.75 Å². The summed E-state index contributed by atoms with van der Waals surface area (Å²) in [5, 5.41) is 11.2. The Morgan fingerprint density at radius 2 is 1.78 bits per heavy atom. The van der Waals surface area contributed by atoms with Crippen LogP contribution in [0.25, 0.3) is 5.76 Å². The van der Waals surface area contributed by atoms with Crippen molar-refractivity contribution in [2.45, 2.75) is 26.5 Å². The van der Waals surface area contributed by atoms with E-state index >= 15 is 0 Å². The van der Waals surface area contributed by atoms with E-state index in [9.17, 15) is 14.7 Å². The third-order valence-electron chi connectivity index (χ3n) is 6.21. The monoisotopic (exact) mass is 549 g/mol. The lowest BCUT2D eigenvalue weighted by molar-refractivity contribution is -0.140. The minimum absolute atomic E-state index is 0.0495. The van der Waals surface area contributed by atoms with E-state index in [1.165, 1.54) is 17.6 Å². The molecule has 0 spiro atoms. The number of hydrogen-bond donors (Lipinski definition) is 1. The van der Waals surface area contributed by atoms with E-state index < -0.39 is 17.7 Å². The first-order valence-electron chi connectivity index (χ1n) is 11.6. The second-order valence-corrected chi connectivity index (χ2v) is 9.65. The van der Waals surface area contributed by atoms with Crippen LogP contribution < -0.4 is 4.74 Å². The van der Waals surface area contributed by atoms with E-state index in [1.54, 1.807) is 18.2 Å². The fourth-order valence-electron chi connectivity index (χ4n) is 4.22. The smallest absolute Gasteiger partial charge is 0.295 e. The molecule has 0 radical (unpaired) electrons. The molecule has 7 heteroatoms. The molecule has 3 aromatic rings. The molecule has 3 aromatic carbocycles. The maximum Gasteiger partial charge on any atom is 0.295 e. The van der Waals surface area contributed by atoms with E-state index in [2.05, 4.69) is 15.9 Å². The Labute approximate surface area is 219 Å². The van der Waals surface area contributed by atoms with Crippen LogP contribution in [-0.4, -0.2) is 42.0 Å². The number of ether oxygens (including phenoxy) is 2. The molecule has 4 rings (SSSR count). The number of benzene rings is 3. The van der Waals surface area contributed by atoms with Gasteiger partial charge in [0.25, 0.3) is 11.7 Å². The largest absolute Gasteiger partial charge is 0.507 e. The number of rotatable bonds is 8. The predicted octanol–water partition coefficient (Wildman–Crippen LogP) is 5.71. The van der Waals surface area contributed by atoms with Crippen LogP contribution in [0.2, 0.25) is 0 Å². The number of ketones is 1. The van der Waals surface area contributed by atoms with Crippen molar-refractivity contribution in [1.29, 1.82) is 0 Å². The van der Waals surface area contributed by atoms with Gasteiger partial charge < -0.3 is 19.5 Å². The van der Waals surface area contributed by atoms with Crippen LogP contribution in [0.3, 0.4) is 0 Å². The Bertz CT molecular complexity index is 1320. The number of aliphatic hydroxyl groups excluding tert-OH is 1. The Hall–Kier alpha value is -3.42. The molecule has 1 unspecified atom stereocenters. The van der Waals surface area contributed by atoms with Crippen LogP contribution in [0.1, 0.15) is 33.9 Å². The van der Waals surface area contributed by atoms with Crippen molar-refractivity contribution in [2.24, 2.45) is 0 Å². The first-order chi connectivity index (χ1) is 17.3. The zero-order valence-electron chi connectivity index (χ0n) is 20.5. The Morgan fingerprint density at radius 1 is 1.03 bits per heavy atom. The molecule has 186 valence electrons. The molecule has 1 saturated heterocycles. The number of carbonyl (C=O) groups excluding carboxylic acids is 2. The third kappa shape index (κ3) is 5.37. The zero-order chi connectivity index (χ0) is 25.8. The number of methoxy groups -OCH3 is 1. The third-order valence-corrected chi connectivity index (χ3v) is 7.10. The molecule has 36 heavy (non-hydrogen) atoms. The minimum Gasteiger partial charge on any atom is -0.507 e. The van der Waals surface area contributed by atoms with Crippen molar-refractivity contribution < 1.29 is 24.2 Å². The van der Waals surface area contributed by atoms with Gasteiger partial charge in [-0.05, 0) is 54.8 Å². The minimum atomic E-state index is -0.771.